The average molecular weight is 251 g/mol. The van der Waals surface area contributed by atoms with Gasteiger partial charge in [0.1, 0.15) is 5.60 Å². The van der Waals surface area contributed by atoms with Gasteiger partial charge in [-0.25, -0.2) is 9.97 Å². The van der Waals surface area contributed by atoms with Gasteiger partial charge in [-0.1, -0.05) is 13.8 Å². The summed E-state index contributed by atoms with van der Waals surface area (Å²) in [5.74, 6) is 0.793. The van der Waals surface area contributed by atoms with Gasteiger partial charge in [-0.05, 0) is 33.6 Å². The molecular weight excluding hydrogens is 226 g/mol. The molecule has 1 heterocycles. The molecule has 4 nitrogen and oxygen atoms in total. The first-order valence-electron chi connectivity index (χ1n) is 6.73. The zero-order valence-corrected chi connectivity index (χ0v) is 12.2. The van der Waals surface area contributed by atoms with Crippen LogP contribution in [0.25, 0.3) is 0 Å². The van der Waals surface area contributed by atoms with Crippen LogP contribution < -0.4 is 5.73 Å². The highest BCUT2D eigenvalue weighted by molar-refractivity contribution is 5.25. The smallest absolute Gasteiger partial charge is 0.160 e. The van der Waals surface area contributed by atoms with Crippen molar-refractivity contribution in [2.24, 2.45) is 5.73 Å². The lowest BCUT2D eigenvalue weighted by Gasteiger charge is -2.30. The summed E-state index contributed by atoms with van der Waals surface area (Å²) in [5.41, 5.74) is 8.33. The van der Waals surface area contributed by atoms with E-state index in [9.17, 15) is 0 Å². The summed E-state index contributed by atoms with van der Waals surface area (Å²) in [6, 6.07) is 0. The van der Waals surface area contributed by atoms with Crippen molar-refractivity contribution < 1.29 is 4.74 Å². The van der Waals surface area contributed by atoms with Crippen molar-refractivity contribution in [3.05, 3.63) is 22.8 Å². The van der Waals surface area contributed by atoms with Crippen molar-refractivity contribution in [2.45, 2.75) is 59.6 Å². The van der Waals surface area contributed by atoms with Crippen LogP contribution in [-0.2, 0) is 16.9 Å². The average Bonchev–Trinajstić information content (AvgIpc) is 2.35. The summed E-state index contributed by atoms with van der Waals surface area (Å²) in [6.45, 7) is 11.4. The molecule has 0 aliphatic carbocycles. The molecule has 0 saturated heterocycles. The fourth-order valence-corrected chi connectivity index (χ4v) is 2.35. The van der Waals surface area contributed by atoms with Crippen LogP contribution in [0.3, 0.4) is 0 Å². The predicted octanol–water partition coefficient (Wildman–Crippen LogP) is 2.60. The van der Waals surface area contributed by atoms with E-state index >= 15 is 0 Å². The second kappa shape index (κ2) is 6.25. The summed E-state index contributed by atoms with van der Waals surface area (Å²) in [5, 5.41) is 0. The third kappa shape index (κ3) is 2.70. The minimum absolute atomic E-state index is 0.364. The third-order valence-corrected chi connectivity index (χ3v) is 3.60. The molecule has 4 heteroatoms. The second-order valence-electron chi connectivity index (χ2n) is 4.54. The van der Waals surface area contributed by atoms with E-state index in [0.29, 0.717) is 13.2 Å². The van der Waals surface area contributed by atoms with E-state index in [4.69, 9.17) is 10.5 Å². The number of ether oxygens (including phenoxy) is 1. The standard InChI is InChI=1S/C14H25N3O/c1-6-14(7-2,18-8-3)13-16-10(4)12(9-15)11(5)17-13/h6-9,15H2,1-5H3. The molecule has 0 bridgehead atoms. The molecule has 0 radical (unpaired) electrons. The van der Waals surface area contributed by atoms with Gasteiger partial charge >= 0.3 is 0 Å². The number of rotatable bonds is 6. The highest BCUT2D eigenvalue weighted by Crippen LogP contribution is 2.31. The fraction of sp³-hybridized carbons (Fsp3) is 0.714. The van der Waals surface area contributed by atoms with Crippen LogP contribution in [0, 0.1) is 13.8 Å². The largest absolute Gasteiger partial charge is 0.367 e. The van der Waals surface area contributed by atoms with Crippen LogP contribution in [0.2, 0.25) is 0 Å². The molecule has 1 rings (SSSR count). The van der Waals surface area contributed by atoms with Crippen LogP contribution in [0.15, 0.2) is 0 Å². The molecule has 2 N–H and O–H groups in total. The van der Waals surface area contributed by atoms with Crippen molar-refractivity contribution in [1.29, 1.82) is 0 Å². The summed E-state index contributed by atoms with van der Waals surface area (Å²) in [4.78, 5) is 9.24. The summed E-state index contributed by atoms with van der Waals surface area (Å²) >= 11 is 0. The Morgan fingerprint density at radius 2 is 1.56 bits per heavy atom. The van der Waals surface area contributed by atoms with Crippen LogP contribution >= 0.6 is 0 Å². The second-order valence-corrected chi connectivity index (χ2v) is 4.54. The van der Waals surface area contributed by atoms with Crippen LogP contribution in [0.4, 0.5) is 0 Å². The van der Waals surface area contributed by atoms with Gasteiger partial charge in [0, 0.05) is 30.1 Å². The lowest BCUT2D eigenvalue weighted by Crippen LogP contribution is -2.32. The SMILES string of the molecule is CCOC(CC)(CC)c1nc(C)c(CN)c(C)n1. The molecular formula is C14H25N3O. The first-order chi connectivity index (χ1) is 8.54. The maximum atomic E-state index is 5.94. The predicted molar refractivity (Wildman–Crippen MR) is 73.3 cm³/mol. The number of nitrogens with two attached hydrogens (primary N) is 1. The molecule has 0 unspecified atom stereocenters. The molecule has 0 saturated carbocycles. The molecule has 0 aliphatic heterocycles. The summed E-state index contributed by atoms with van der Waals surface area (Å²) < 4.78 is 5.94. The highest BCUT2D eigenvalue weighted by Gasteiger charge is 2.32. The van der Waals surface area contributed by atoms with Crippen molar-refractivity contribution in [2.75, 3.05) is 6.61 Å². The van der Waals surface area contributed by atoms with E-state index in [-0.39, 0.29) is 5.60 Å². The highest BCUT2D eigenvalue weighted by atomic mass is 16.5. The van der Waals surface area contributed by atoms with E-state index in [0.717, 1.165) is 35.6 Å². The number of hydrogen-bond acceptors (Lipinski definition) is 4. The number of aryl methyl sites for hydroxylation is 2. The Balaban J connectivity index is 3.30. The maximum Gasteiger partial charge on any atom is 0.160 e. The lowest BCUT2D eigenvalue weighted by atomic mass is 9.95. The van der Waals surface area contributed by atoms with Gasteiger partial charge in [0.2, 0.25) is 0 Å². The van der Waals surface area contributed by atoms with Crippen molar-refractivity contribution in [3.63, 3.8) is 0 Å². The Labute approximate surface area is 110 Å². The summed E-state index contributed by atoms with van der Waals surface area (Å²) in [6.07, 6.45) is 1.75. The monoisotopic (exact) mass is 251 g/mol. The Kier molecular flexibility index (Phi) is 5.23. The molecule has 0 aromatic carbocycles. The molecule has 102 valence electrons. The zero-order valence-electron chi connectivity index (χ0n) is 12.2. The van der Waals surface area contributed by atoms with Gasteiger partial charge in [-0.2, -0.15) is 0 Å². The van der Waals surface area contributed by atoms with E-state index in [1.165, 1.54) is 0 Å². The van der Waals surface area contributed by atoms with Gasteiger partial charge in [0.05, 0.1) is 0 Å². The fourth-order valence-electron chi connectivity index (χ4n) is 2.35. The first-order valence-corrected chi connectivity index (χ1v) is 6.73. The Morgan fingerprint density at radius 3 is 1.89 bits per heavy atom. The molecule has 18 heavy (non-hydrogen) atoms. The Morgan fingerprint density at radius 1 is 1.06 bits per heavy atom. The van der Waals surface area contributed by atoms with E-state index in [2.05, 4.69) is 23.8 Å². The topological polar surface area (TPSA) is 61.0 Å². The first kappa shape index (κ1) is 15.1. The van der Waals surface area contributed by atoms with E-state index in [1.807, 2.05) is 20.8 Å². The third-order valence-electron chi connectivity index (χ3n) is 3.60. The Bertz CT molecular complexity index is 377. The normalized spacial score (nSPS) is 11.9. The molecule has 1 aromatic rings. The minimum atomic E-state index is -0.364. The molecule has 0 aliphatic rings. The van der Waals surface area contributed by atoms with Crippen molar-refractivity contribution in [1.82, 2.24) is 9.97 Å². The molecule has 0 spiro atoms. The van der Waals surface area contributed by atoms with Gasteiger partial charge in [0.25, 0.3) is 0 Å². The van der Waals surface area contributed by atoms with Crippen LogP contribution in [0.1, 0.15) is 56.4 Å². The number of nitrogens with zero attached hydrogens (tertiary/aromatic N) is 2. The quantitative estimate of drug-likeness (QED) is 0.844. The zero-order chi connectivity index (χ0) is 13.8. The van der Waals surface area contributed by atoms with Crippen molar-refractivity contribution in [3.8, 4) is 0 Å². The number of hydrogen-bond donors (Lipinski definition) is 1. The lowest BCUT2D eigenvalue weighted by molar-refractivity contribution is -0.0574. The van der Waals surface area contributed by atoms with Gasteiger partial charge < -0.3 is 10.5 Å². The van der Waals surface area contributed by atoms with Gasteiger partial charge in [0.15, 0.2) is 5.82 Å². The van der Waals surface area contributed by atoms with Crippen LogP contribution in [-0.4, -0.2) is 16.6 Å². The molecule has 0 fully saturated rings. The van der Waals surface area contributed by atoms with Crippen LogP contribution in [0.5, 0.6) is 0 Å². The number of aromatic nitrogens is 2. The minimum Gasteiger partial charge on any atom is -0.367 e. The molecule has 0 amide bonds. The van der Waals surface area contributed by atoms with Crippen molar-refractivity contribution >= 4 is 0 Å². The van der Waals surface area contributed by atoms with E-state index < -0.39 is 0 Å². The van der Waals surface area contributed by atoms with Gasteiger partial charge in [-0.3, -0.25) is 0 Å². The van der Waals surface area contributed by atoms with E-state index in [1.54, 1.807) is 0 Å². The summed E-state index contributed by atoms with van der Waals surface area (Å²) in [7, 11) is 0. The van der Waals surface area contributed by atoms with Gasteiger partial charge in [-0.15, -0.1) is 0 Å². The Hall–Kier alpha value is -1.00. The molecule has 1 aromatic heterocycles. The maximum absolute atomic E-state index is 5.94. The molecule has 0 atom stereocenters.